The number of pyridine rings is 1. The van der Waals surface area contributed by atoms with E-state index in [2.05, 4.69) is 20.9 Å². The van der Waals surface area contributed by atoms with E-state index in [9.17, 15) is 24.3 Å². The van der Waals surface area contributed by atoms with Crippen LogP contribution in [-0.4, -0.2) is 19.2 Å². The molecule has 126 valence electrons. The van der Waals surface area contributed by atoms with Gasteiger partial charge in [-0.05, 0) is 18.2 Å². The van der Waals surface area contributed by atoms with Crippen molar-refractivity contribution in [2.24, 2.45) is 14.1 Å². The van der Waals surface area contributed by atoms with Crippen molar-refractivity contribution in [2.45, 2.75) is 0 Å². The molecular weight excluding hydrogens is 395 g/mol. The number of hydrogen-bond donors (Lipinski definition) is 1. The van der Waals surface area contributed by atoms with E-state index in [0.29, 0.717) is 4.47 Å². The lowest BCUT2D eigenvalue weighted by atomic mass is 9.98. The zero-order valence-electron chi connectivity index (χ0n) is 13.0. The van der Waals surface area contributed by atoms with Crippen LogP contribution < -0.4 is 11.2 Å². The Bertz CT molecular complexity index is 1210. The first-order chi connectivity index (χ1) is 11.8. The summed E-state index contributed by atoms with van der Waals surface area (Å²) in [5.41, 5.74) is -1.53. The van der Waals surface area contributed by atoms with Crippen LogP contribution in [0.5, 0.6) is 5.88 Å². The number of hydrogen-bond acceptors (Lipinski definition) is 5. The summed E-state index contributed by atoms with van der Waals surface area (Å²) in [6, 6.07) is 5.54. The van der Waals surface area contributed by atoms with Crippen LogP contribution in [0.25, 0.3) is 22.2 Å². The summed E-state index contributed by atoms with van der Waals surface area (Å²) in [5.74, 6) is -1.24. The monoisotopic (exact) mass is 404 g/mol. The van der Waals surface area contributed by atoms with E-state index in [1.54, 1.807) is 6.07 Å². The molecule has 3 aromatic rings. The molecule has 1 N–H and O–H groups in total. The Morgan fingerprint density at radius 3 is 2.60 bits per heavy atom. The second kappa shape index (κ2) is 5.82. The van der Waals surface area contributed by atoms with Gasteiger partial charge >= 0.3 is 5.69 Å². The molecule has 0 aliphatic rings. The van der Waals surface area contributed by atoms with Crippen molar-refractivity contribution in [3.05, 3.63) is 54.9 Å². The predicted molar refractivity (Wildman–Crippen MR) is 91.7 cm³/mol. The second-order valence-corrected chi connectivity index (χ2v) is 6.18. The van der Waals surface area contributed by atoms with Crippen molar-refractivity contribution in [3.8, 4) is 23.1 Å². The van der Waals surface area contributed by atoms with E-state index in [1.165, 1.54) is 26.2 Å². The number of aromatic nitrogens is 3. The summed E-state index contributed by atoms with van der Waals surface area (Å²) >= 11 is 3.26. The van der Waals surface area contributed by atoms with Gasteiger partial charge < -0.3 is 5.11 Å². The lowest BCUT2D eigenvalue weighted by molar-refractivity contribution is 0.453. The molecule has 0 aliphatic carbocycles. The molecule has 0 radical (unpaired) electrons. The third kappa shape index (κ3) is 2.42. The van der Waals surface area contributed by atoms with E-state index >= 15 is 0 Å². The van der Waals surface area contributed by atoms with Gasteiger partial charge in [-0.3, -0.25) is 13.9 Å². The van der Waals surface area contributed by atoms with Crippen LogP contribution in [0, 0.1) is 17.1 Å². The van der Waals surface area contributed by atoms with E-state index in [0.717, 1.165) is 15.2 Å². The Morgan fingerprint density at radius 1 is 1.28 bits per heavy atom. The van der Waals surface area contributed by atoms with E-state index in [-0.39, 0.29) is 27.7 Å². The van der Waals surface area contributed by atoms with Crippen molar-refractivity contribution in [1.82, 2.24) is 14.1 Å². The summed E-state index contributed by atoms with van der Waals surface area (Å²) in [6.45, 7) is 0. The third-order valence-corrected chi connectivity index (χ3v) is 4.57. The third-order valence-electron chi connectivity index (χ3n) is 3.88. The number of fused-ring (bicyclic) bond motifs is 1. The summed E-state index contributed by atoms with van der Waals surface area (Å²) in [5, 5.41) is 19.5. The highest BCUT2D eigenvalue weighted by molar-refractivity contribution is 9.10. The SMILES string of the molecule is Cn1c(=O)c2c(-c3cc(F)ccc3Br)c(C#N)c(O)nc2n(C)c1=O. The van der Waals surface area contributed by atoms with Gasteiger partial charge in [0.15, 0.2) is 5.65 Å². The summed E-state index contributed by atoms with van der Waals surface area (Å²) in [7, 11) is 2.67. The second-order valence-electron chi connectivity index (χ2n) is 5.33. The molecule has 0 amide bonds. The maximum absolute atomic E-state index is 13.8. The van der Waals surface area contributed by atoms with Crippen molar-refractivity contribution < 1.29 is 9.50 Å². The van der Waals surface area contributed by atoms with Gasteiger partial charge in [0.25, 0.3) is 5.56 Å². The molecule has 0 unspecified atom stereocenters. The average molecular weight is 405 g/mol. The Balaban J connectivity index is 2.71. The standard InChI is InChI=1S/C16H10BrFN4O3/c1-21-13-12(15(24)22(2)16(21)25)11(9(6-19)14(23)20-13)8-5-7(18)3-4-10(8)17/h3-5H,1-2H3,(H,20,23). The van der Waals surface area contributed by atoms with Gasteiger partial charge in [0.1, 0.15) is 17.4 Å². The molecule has 0 saturated heterocycles. The minimum absolute atomic E-state index is 0.00701. The highest BCUT2D eigenvalue weighted by Gasteiger charge is 2.23. The molecule has 7 nitrogen and oxygen atoms in total. The maximum atomic E-state index is 13.8. The fraction of sp³-hybridized carbons (Fsp3) is 0.125. The van der Waals surface area contributed by atoms with Gasteiger partial charge in [0.05, 0.1) is 5.39 Å². The Hall–Kier alpha value is -2.99. The minimum atomic E-state index is -0.701. The molecule has 0 fully saturated rings. The molecule has 2 heterocycles. The number of benzene rings is 1. The molecule has 3 rings (SSSR count). The summed E-state index contributed by atoms with van der Waals surface area (Å²) < 4.78 is 16.1. The quantitative estimate of drug-likeness (QED) is 0.665. The fourth-order valence-electron chi connectivity index (χ4n) is 2.64. The number of rotatable bonds is 1. The smallest absolute Gasteiger partial charge is 0.332 e. The lowest BCUT2D eigenvalue weighted by Crippen LogP contribution is -2.37. The Morgan fingerprint density at radius 2 is 1.96 bits per heavy atom. The molecule has 25 heavy (non-hydrogen) atoms. The van der Waals surface area contributed by atoms with Gasteiger partial charge in [-0.2, -0.15) is 10.2 Å². The zero-order chi connectivity index (χ0) is 18.5. The summed E-state index contributed by atoms with van der Waals surface area (Å²) in [4.78, 5) is 28.6. The molecule has 0 spiro atoms. The molecule has 0 saturated carbocycles. The van der Waals surface area contributed by atoms with Crippen molar-refractivity contribution >= 4 is 27.0 Å². The van der Waals surface area contributed by atoms with Gasteiger partial charge in [-0.15, -0.1) is 0 Å². The summed E-state index contributed by atoms with van der Waals surface area (Å²) in [6.07, 6.45) is 0. The first kappa shape index (κ1) is 16.9. The van der Waals surface area contributed by atoms with Crippen LogP contribution in [0.15, 0.2) is 32.3 Å². The number of nitrogens with zero attached hydrogens (tertiary/aromatic N) is 4. The van der Waals surface area contributed by atoms with Crippen molar-refractivity contribution in [2.75, 3.05) is 0 Å². The van der Waals surface area contributed by atoms with Gasteiger partial charge in [-0.25, -0.2) is 9.18 Å². The maximum Gasteiger partial charge on any atom is 0.332 e. The van der Waals surface area contributed by atoms with Gasteiger partial charge in [0.2, 0.25) is 5.88 Å². The van der Waals surface area contributed by atoms with Crippen LogP contribution in [-0.2, 0) is 14.1 Å². The molecule has 0 aliphatic heterocycles. The molecule has 1 aromatic carbocycles. The minimum Gasteiger partial charge on any atom is -0.492 e. The zero-order valence-corrected chi connectivity index (χ0v) is 14.6. The lowest BCUT2D eigenvalue weighted by Gasteiger charge is -2.14. The van der Waals surface area contributed by atoms with E-state index in [4.69, 9.17) is 0 Å². The first-order valence-corrected chi connectivity index (χ1v) is 7.75. The van der Waals surface area contributed by atoms with Crippen LogP contribution >= 0.6 is 15.9 Å². The van der Waals surface area contributed by atoms with Crippen LogP contribution in [0.3, 0.4) is 0 Å². The van der Waals surface area contributed by atoms with Crippen molar-refractivity contribution in [3.63, 3.8) is 0 Å². The Kier molecular flexibility index (Phi) is 3.93. The highest BCUT2D eigenvalue weighted by Crippen LogP contribution is 2.37. The predicted octanol–water partition coefficient (Wildman–Crippen LogP) is 1.78. The number of aromatic hydroxyl groups is 1. The average Bonchev–Trinajstić information content (AvgIpc) is 2.59. The first-order valence-electron chi connectivity index (χ1n) is 6.96. The number of halogens is 2. The molecule has 0 atom stereocenters. The molecule has 9 heteroatoms. The van der Waals surface area contributed by atoms with Crippen LogP contribution in [0.4, 0.5) is 4.39 Å². The Labute approximate surface area is 148 Å². The van der Waals surface area contributed by atoms with Crippen molar-refractivity contribution in [1.29, 1.82) is 5.26 Å². The molecule has 0 bridgehead atoms. The topological polar surface area (TPSA) is 101 Å². The van der Waals surface area contributed by atoms with E-state index < -0.39 is 22.9 Å². The number of aryl methyl sites for hydroxylation is 1. The normalized spacial score (nSPS) is 10.8. The number of nitriles is 1. The molecular formula is C16H10BrFN4O3. The largest absolute Gasteiger partial charge is 0.492 e. The van der Waals surface area contributed by atoms with Gasteiger partial charge in [0, 0.05) is 29.7 Å². The molecule has 2 aromatic heterocycles. The highest BCUT2D eigenvalue weighted by atomic mass is 79.9. The fourth-order valence-corrected chi connectivity index (χ4v) is 3.09. The van der Waals surface area contributed by atoms with E-state index in [1.807, 2.05) is 0 Å². The van der Waals surface area contributed by atoms with Crippen LogP contribution in [0.2, 0.25) is 0 Å². The van der Waals surface area contributed by atoms with Crippen LogP contribution in [0.1, 0.15) is 5.56 Å². The van der Waals surface area contributed by atoms with Gasteiger partial charge in [-0.1, -0.05) is 15.9 Å².